The van der Waals surface area contributed by atoms with Crippen molar-refractivity contribution in [1.82, 2.24) is 10.2 Å². The molecule has 0 radical (unpaired) electrons. The molecule has 2 unspecified atom stereocenters. The van der Waals surface area contributed by atoms with Crippen molar-refractivity contribution in [2.45, 2.75) is 19.4 Å². The van der Waals surface area contributed by atoms with Gasteiger partial charge in [-0.2, -0.15) is 0 Å². The van der Waals surface area contributed by atoms with Crippen LogP contribution in [-0.4, -0.2) is 43.8 Å². The van der Waals surface area contributed by atoms with E-state index in [0.717, 1.165) is 19.5 Å². The first-order valence-electron chi connectivity index (χ1n) is 7.23. The van der Waals surface area contributed by atoms with Gasteiger partial charge in [0.1, 0.15) is 0 Å². The SMILES string of the molecule is CC1CN(C)CCC1NC(=O)c1cc2c(cc1N)OCO2. The summed E-state index contributed by atoms with van der Waals surface area (Å²) >= 11 is 0. The fourth-order valence-corrected chi connectivity index (χ4v) is 2.97. The van der Waals surface area contributed by atoms with Crippen LogP contribution < -0.4 is 20.5 Å². The molecule has 0 saturated carbocycles. The first-order valence-corrected chi connectivity index (χ1v) is 7.23. The van der Waals surface area contributed by atoms with E-state index in [-0.39, 0.29) is 18.7 Å². The first-order chi connectivity index (χ1) is 10.0. The number of anilines is 1. The van der Waals surface area contributed by atoms with Gasteiger partial charge in [0, 0.05) is 24.3 Å². The van der Waals surface area contributed by atoms with Crippen LogP contribution in [0.1, 0.15) is 23.7 Å². The van der Waals surface area contributed by atoms with Gasteiger partial charge in [-0.15, -0.1) is 0 Å². The highest BCUT2D eigenvalue weighted by atomic mass is 16.7. The summed E-state index contributed by atoms with van der Waals surface area (Å²) in [5.41, 5.74) is 6.82. The lowest BCUT2D eigenvalue weighted by molar-refractivity contribution is 0.0884. The number of nitrogens with one attached hydrogen (secondary N) is 1. The van der Waals surface area contributed by atoms with Gasteiger partial charge in [0.2, 0.25) is 6.79 Å². The molecule has 0 aromatic heterocycles. The minimum absolute atomic E-state index is 0.146. The van der Waals surface area contributed by atoms with Crippen LogP contribution in [0.2, 0.25) is 0 Å². The number of rotatable bonds is 2. The number of likely N-dealkylation sites (tertiary alicyclic amines) is 1. The van der Waals surface area contributed by atoms with E-state index in [9.17, 15) is 4.79 Å². The molecule has 1 aromatic carbocycles. The summed E-state index contributed by atoms with van der Waals surface area (Å²) in [6.45, 7) is 4.31. The number of amides is 1. The van der Waals surface area contributed by atoms with Crippen molar-refractivity contribution >= 4 is 11.6 Å². The second-order valence-corrected chi connectivity index (χ2v) is 5.90. The summed E-state index contributed by atoms with van der Waals surface area (Å²) in [4.78, 5) is 14.7. The molecular formula is C15H21N3O3. The van der Waals surface area contributed by atoms with Crippen LogP contribution in [0.15, 0.2) is 12.1 Å². The van der Waals surface area contributed by atoms with Crippen LogP contribution in [0.4, 0.5) is 5.69 Å². The predicted molar refractivity (Wildman–Crippen MR) is 79.5 cm³/mol. The van der Waals surface area contributed by atoms with Gasteiger partial charge in [-0.1, -0.05) is 6.92 Å². The topological polar surface area (TPSA) is 76.8 Å². The molecule has 3 N–H and O–H groups in total. The number of hydrogen-bond donors (Lipinski definition) is 2. The number of fused-ring (bicyclic) bond motifs is 1. The van der Waals surface area contributed by atoms with Crippen molar-refractivity contribution in [2.24, 2.45) is 5.92 Å². The Morgan fingerprint density at radius 3 is 2.81 bits per heavy atom. The van der Waals surface area contributed by atoms with Gasteiger partial charge < -0.3 is 25.4 Å². The number of nitrogen functional groups attached to an aromatic ring is 1. The Hall–Kier alpha value is -1.95. The van der Waals surface area contributed by atoms with Gasteiger partial charge >= 0.3 is 0 Å². The molecule has 2 atom stereocenters. The first kappa shape index (κ1) is 14.0. The monoisotopic (exact) mass is 291 g/mol. The van der Waals surface area contributed by atoms with Gasteiger partial charge in [0.15, 0.2) is 11.5 Å². The maximum atomic E-state index is 12.5. The lowest BCUT2D eigenvalue weighted by Gasteiger charge is -2.35. The number of nitrogens with two attached hydrogens (primary N) is 1. The number of hydrogen-bond acceptors (Lipinski definition) is 5. The molecule has 1 fully saturated rings. The van der Waals surface area contributed by atoms with Crippen molar-refractivity contribution < 1.29 is 14.3 Å². The minimum Gasteiger partial charge on any atom is -0.454 e. The van der Waals surface area contributed by atoms with Crippen LogP contribution in [0, 0.1) is 5.92 Å². The zero-order valence-electron chi connectivity index (χ0n) is 12.4. The third-order valence-corrected chi connectivity index (χ3v) is 4.21. The van der Waals surface area contributed by atoms with Crippen LogP contribution in [-0.2, 0) is 0 Å². The molecule has 2 aliphatic rings. The van der Waals surface area contributed by atoms with Crippen molar-refractivity contribution in [3.8, 4) is 11.5 Å². The zero-order valence-corrected chi connectivity index (χ0v) is 12.4. The molecule has 21 heavy (non-hydrogen) atoms. The Bertz CT molecular complexity index is 561. The van der Waals surface area contributed by atoms with E-state index < -0.39 is 0 Å². The standard InChI is InChI=1S/C15H21N3O3/c1-9-7-18(2)4-3-12(9)17-15(19)10-5-13-14(6-11(10)16)21-8-20-13/h5-6,9,12H,3-4,7-8,16H2,1-2H3,(H,17,19). The molecule has 6 heteroatoms. The van der Waals surface area contributed by atoms with Gasteiger partial charge in [-0.25, -0.2) is 0 Å². The maximum absolute atomic E-state index is 12.5. The predicted octanol–water partition coefficient (Wildman–Crippen LogP) is 1.07. The van der Waals surface area contributed by atoms with Gasteiger partial charge in [-0.05, 0) is 32.0 Å². The number of carbonyl (C=O) groups excluding carboxylic acids is 1. The largest absolute Gasteiger partial charge is 0.454 e. The Labute approximate surface area is 124 Å². The number of nitrogens with zero attached hydrogens (tertiary/aromatic N) is 1. The van der Waals surface area contributed by atoms with Crippen molar-refractivity contribution in [3.05, 3.63) is 17.7 Å². The van der Waals surface area contributed by atoms with Crippen LogP contribution in [0.5, 0.6) is 11.5 Å². The normalized spacial score (nSPS) is 24.9. The van der Waals surface area contributed by atoms with E-state index in [2.05, 4.69) is 24.2 Å². The van der Waals surface area contributed by atoms with Crippen molar-refractivity contribution in [1.29, 1.82) is 0 Å². The second kappa shape index (κ2) is 5.44. The third kappa shape index (κ3) is 2.76. The molecule has 1 aromatic rings. The highest BCUT2D eigenvalue weighted by molar-refractivity contribution is 6.00. The molecular weight excluding hydrogens is 270 g/mol. The average Bonchev–Trinajstić information content (AvgIpc) is 2.88. The van der Waals surface area contributed by atoms with Crippen LogP contribution >= 0.6 is 0 Å². The summed E-state index contributed by atoms with van der Waals surface area (Å²) in [7, 11) is 2.10. The molecule has 2 aliphatic heterocycles. The van der Waals surface area contributed by atoms with Crippen molar-refractivity contribution in [2.75, 3.05) is 32.7 Å². The highest BCUT2D eigenvalue weighted by Gasteiger charge is 2.27. The van der Waals surface area contributed by atoms with Gasteiger partial charge in [0.25, 0.3) is 5.91 Å². The summed E-state index contributed by atoms with van der Waals surface area (Å²) < 4.78 is 10.6. The van der Waals surface area contributed by atoms with E-state index in [1.54, 1.807) is 12.1 Å². The summed E-state index contributed by atoms with van der Waals surface area (Å²) in [5, 5.41) is 3.10. The Morgan fingerprint density at radius 2 is 2.10 bits per heavy atom. The Kier molecular flexibility index (Phi) is 3.63. The van der Waals surface area contributed by atoms with E-state index in [4.69, 9.17) is 15.2 Å². The molecule has 1 saturated heterocycles. The fraction of sp³-hybridized carbons (Fsp3) is 0.533. The minimum atomic E-state index is -0.146. The third-order valence-electron chi connectivity index (χ3n) is 4.21. The zero-order chi connectivity index (χ0) is 15.0. The van der Waals surface area contributed by atoms with Crippen LogP contribution in [0.25, 0.3) is 0 Å². The molecule has 114 valence electrons. The quantitative estimate of drug-likeness (QED) is 0.797. The number of piperidine rings is 1. The Morgan fingerprint density at radius 1 is 1.38 bits per heavy atom. The van der Waals surface area contributed by atoms with E-state index in [0.29, 0.717) is 28.7 Å². The summed E-state index contributed by atoms with van der Waals surface area (Å²) in [6, 6.07) is 3.49. The lowest BCUT2D eigenvalue weighted by atomic mass is 9.94. The molecule has 1 amide bonds. The molecule has 0 aliphatic carbocycles. The number of ether oxygens (including phenoxy) is 2. The van der Waals surface area contributed by atoms with Gasteiger partial charge in [0.05, 0.1) is 5.56 Å². The van der Waals surface area contributed by atoms with Crippen LogP contribution in [0.3, 0.4) is 0 Å². The maximum Gasteiger partial charge on any atom is 0.253 e. The second-order valence-electron chi connectivity index (χ2n) is 5.90. The van der Waals surface area contributed by atoms with E-state index in [1.165, 1.54) is 0 Å². The fourth-order valence-electron chi connectivity index (χ4n) is 2.97. The molecule has 0 spiro atoms. The van der Waals surface area contributed by atoms with E-state index >= 15 is 0 Å². The molecule has 6 nitrogen and oxygen atoms in total. The summed E-state index contributed by atoms with van der Waals surface area (Å²) in [6.07, 6.45) is 0.952. The molecule has 3 rings (SSSR count). The molecule has 2 heterocycles. The molecule has 0 bridgehead atoms. The average molecular weight is 291 g/mol. The highest BCUT2D eigenvalue weighted by Crippen LogP contribution is 2.36. The smallest absolute Gasteiger partial charge is 0.253 e. The number of carbonyl (C=O) groups is 1. The van der Waals surface area contributed by atoms with Crippen molar-refractivity contribution in [3.63, 3.8) is 0 Å². The summed E-state index contributed by atoms with van der Waals surface area (Å²) in [5.74, 6) is 1.44. The lowest BCUT2D eigenvalue weighted by Crippen LogP contribution is -2.48. The van der Waals surface area contributed by atoms with Gasteiger partial charge in [-0.3, -0.25) is 4.79 Å². The van der Waals surface area contributed by atoms with E-state index in [1.807, 2.05) is 0 Å². The number of benzene rings is 1. The Balaban J connectivity index is 1.74.